The molecule has 1 heterocycles. The second-order valence-electron chi connectivity index (χ2n) is 7.40. The lowest BCUT2D eigenvalue weighted by Gasteiger charge is -2.36. The number of nitrogens with one attached hydrogen (secondary N) is 1. The Morgan fingerprint density at radius 1 is 1.04 bits per heavy atom. The topological polar surface area (TPSA) is 61.6 Å². The van der Waals surface area contributed by atoms with Crippen LogP contribution in [0.5, 0.6) is 0 Å². The minimum atomic E-state index is -0.369. The van der Waals surface area contributed by atoms with Crippen molar-refractivity contribution in [1.82, 2.24) is 10.2 Å². The van der Waals surface area contributed by atoms with Gasteiger partial charge in [-0.1, -0.05) is 32.0 Å². The summed E-state index contributed by atoms with van der Waals surface area (Å²) < 4.78 is 0. The fourth-order valence-corrected chi connectivity index (χ4v) is 3.29. The van der Waals surface area contributed by atoms with Crippen molar-refractivity contribution in [1.29, 1.82) is 0 Å². The molecule has 1 aliphatic heterocycles. The fraction of sp³-hybridized carbons (Fsp3) is 0.650. The SMILES string of the molecule is CC(C)C[C@H](N)C(=O)NCCCCN1CCN(c2ccccc2)CC1.Cl.Cl.Cl. The zero-order valence-electron chi connectivity index (χ0n) is 17.0. The number of amides is 1. The largest absolute Gasteiger partial charge is 0.369 e. The van der Waals surface area contributed by atoms with E-state index in [9.17, 15) is 4.79 Å². The molecule has 1 aliphatic rings. The molecule has 1 fully saturated rings. The van der Waals surface area contributed by atoms with Crippen LogP contribution in [0.3, 0.4) is 0 Å². The Hall–Kier alpha value is -0.720. The maximum absolute atomic E-state index is 11.9. The number of halogens is 3. The minimum absolute atomic E-state index is 0. The highest BCUT2D eigenvalue weighted by Gasteiger charge is 2.17. The standard InChI is InChI=1S/C20H34N4O.3ClH/c1-17(2)16-19(21)20(25)22-10-6-7-11-23-12-14-24(15-13-23)18-8-4-3-5-9-18;;;/h3-5,8-9,17,19H,6-7,10-16,21H2,1-2H3,(H,22,25);3*1H/t19-;;;/m0.../s1. The van der Waals surface area contributed by atoms with Gasteiger partial charge in [-0.2, -0.15) is 0 Å². The van der Waals surface area contributed by atoms with E-state index >= 15 is 0 Å². The second kappa shape index (κ2) is 16.1. The third kappa shape index (κ3) is 10.7. The van der Waals surface area contributed by atoms with E-state index in [2.05, 4.69) is 59.3 Å². The van der Waals surface area contributed by atoms with Crippen molar-refractivity contribution in [3.63, 3.8) is 0 Å². The number of benzene rings is 1. The molecule has 1 atom stereocenters. The number of nitrogens with two attached hydrogens (primary N) is 1. The van der Waals surface area contributed by atoms with Crippen molar-refractivity contribution >= 4 is 48.8 Å². The lowest BCUT2D eigenvalue weighted by molar-refractivity contribution is -0.122. The summed E-state index contributed by atoms with van der Waals surface area (Å²) in [6, 6.07) is 10.3. The van der Waals surface area contributed by atoms with Gasteiger partial charge in [-0.15, -0.1) is 37.2 Å². The normalized spacial score (nSPS) is 15.1. The number of carbonyl (C=O) groups excluding carboxylic acids is 1. The summed E-state index contributed by atoms with van der Waals surface area (Å²) in [5.74, 6) is 0.445. The molecule has 1 amide bonds. The molecule has 0 aliphatic carbocycles. The average Bonchev–Trinajstić information content (AvgIpc) is 2.62. The molecule has 1 aromatic rings. The monoisotopic (exact) mass is 454 g/mol. The highest BCUT2D eigenvalue weighted by Crippen LogP contribution is 2.15. The molecule has 0 bridgehead atoms. The van der Waals surface area contributed by atoms with Gasteiger partial charge < -0.3 is 16.0 Å². The zero-order chi connectivity index (χ0) is 18.1. The Balaban J connectivity index is 0. The fourth-order valence-electron chi connectivity index (χ4n) is 3.29. The van der Waals surface area contributed by atoms with Crippen LogP contribution in [0.25, 0.3) is 0 Å². The molecular weight excluding hydrogens is 419 g/mol. The van der Waals surface area contributed by atoms with Gasteiger partial charge in [-0.3, -0.25) is 9.69 Å². The molecule has 0 saturated carbocycles. The van der Waals surface area contributed by atoms with Gasteiger partial charge in [0.15, 0.2) is 0 Å². The molecule has 8 heteroatoms. The zero-order valence-corrected chi connectivity index (χ0v) is 19.5. The van der Waals surface area contributed by atoms with Crippen LogP contribution in [0.15, 0.2) is 30.3 Å². The van der Waals surface area contributed by atoms with E-state index in [1.807, 2.05) is 0 Å². The molecule has 2 rings (SSSR count). The van der Waals surface area contributed by atoms with Gasteiger partial charge in [0.25, 0.3) is 0 Å². The molecule has 5 nitrogen and oxygen atoms in total. The van der Waals surface area contributed by atoms with Crippen LogP contribution in [0.2, 0.25) is 0 Å². The smallest absolute Gasteiger partial charge is 0.236 e. The van der Waals surface area contributed by atoms with E-state index in [1.165, 1.54) is 5.69 Å². The number of unbranched alkanes of at least 4 members (excludes halogenated alkanes) is 1. The first-order valence-electron chi connectivity index (χ1n) is 9.62. The molecule has 0 aromatic heterocycles. The summed E-state index contributed by atoms with van der Waals surface area (Å²) in [5.41, 5.74) is 7.21. The first kappa shape index (κ1) is 29.5. The summed E-state index contributed by atoms with van der Waals surface area (Å²) in [7, 11) is 0. The third-order valence-corrected chi connectivity index (χ3v) is 4.76. The third-order valence-electron chi connectivity index (χ3n) is 4.76. The maximum atomic E-state index is 11.9. The van der Waals surface area contributed by atoms with Crippen molar-refractivity contribution in [3.05, 3.63) is 30.3 Å². The molecule has 28 heavy (non-hydrogen) atoms. The Morgan fingerprint density at radius 2 is 1.64 bits per heavy atom. The van der Waals surface area contributed by atoms with Gasteiger partial charge in [-0.05, 0) is 43.9 Å². The Bertz CT molecular complexity index is 511. The van der Waals surface area contributed by atoms with Gasteiger partial charge in [0.1, 0.15) is 0 Å². The summed E-state index contributed by atoms with van der Waals surface area (Å²) in [5, 5.41) is 2.96. The number of para-hydroxylation sites is 1. The summed E-state index contributed by atoms with van der Waals surface area (Å²) in [6.45, 7) is 10.4. The summed E-state index contributed by atoms with van der Waals surface area (Å²) >= 11 is 0. The molecule has 0 radical (unpaired) electrons. The van der Waals surface area contributed by atoms with Crippen LogP contribution in [0.4, 0.5) is 5.69 Å². The molecule has 0 unspecified atom stereocenters. The van der Waals surface area contributed by atoms with Crippen LogP contribution in [0.1, 0.15) is 33.1 Å². The number of hydrogen-bond acceptors (Lipinski definition) is 4. The van der Waals surface area contributed by atoms with Gasteiger partial charge in [-0.25, -0.2) is 0 Å². The Kier molecular flexibility index (Phi) is 17.0. The van der Waals surface area contributed by atoms with Gasteiger partial charge >= 0.3 is 0 Å². The summed E-state index contributed by atoms with van der Waals surface area (Å²) in [6.07, 6.45) is 2.88. The first-order valence-corrected chi connectivity index (χ1v) is 9.62. The molecule has 164 valence electrons. The van der Waals surface area contributed by atoms with E-state index in [0.717, 1.165) is 58.5 Å². The van der Waals surface area contributed by atoms with E-state index in [0.29, 0.717) is 5.92 Å². The van der Waals surface area contributed by atoms with E-state index < -0.39 is 0 Å². The lowest BCUT2D eigenvalue weighted by atomic mass is 10.0. The summed E-state index contributed by atoms with van der Waals surface area (Å²) in [4.78, 5) is 16.8. The number of hydrogen-bond donors (Lipinski definition) is 2. The predicted molar refractivity (Wildman–Crippen MR) is 127 cm³/mol. The van der Waals surface area contributed by atoms with Gasteiger partial charge in [0.2, 0.25) is 5.91 Å². The molecule has 1 saturated heterocycles. The molecule has 3 N–H and O–H groups in total. The number of carbonyl (C=O) groups is 1. The number of rotatable bonds is 9. The predicted octanol–water partition coefficient (Wildman–Crippen LogP) is 3.34. The van der Waals surface area contributed by atoms with Crippen molar-refractivity contribution < 1.29 is 4.79 Å². The average molecular weight is 456 g/mol. The quantitative estimate of drug-likeness (QED) is 0.561. The Morgan fingerprint density at radius 3 is 2.21 bits per heavy atom. The Labute approximate surface area is 189 Å². The van der Waals surface area contributed by atoms with Crippen molar-refractivity contribution in [2.75, 3.05) is 44.2 Å². The molecule has 1 aromatic carbocycles. The lowest BCUT2D eigenvalue weighted by Crippen LogP contribution is -2.46. The first-order chi connectivity index (χ1) is 12.1. The van der Waals surface area contributed by atoms with Crippen LogP contribution in [-0.2, 0) is 4.79 Å². The van der Waals surface area contributed by atoms with Crippen molar-refractivity contribution in [2.45, 2.75) is 39.2 Å². The minimum Gasteiger partial charge on any atom is -0.369 e. The number of piperazine rings is 1. The van der Waals surface area contributed by atoms with E-state index in [4.69, 9.17) is 5.73 Å². The van der Waals surface area contributed by atoms with Crippen molar-refractivity contribution in [2.24, 2.45) is 11.7 Å². The van der Waals surface area contributed by atoms with Gasteiger partial charge in [0.05, 0.1) is 6.04 Å². The van der Waals surface area contributed by atoms with Crippen LogP contribution in [0, 0.1) is 5.92 Å². The number of anilines is 1. The van der Waals surface area contributed by atoms with Crippen molar-refractivity contribution in [3.8, 4) is 0 Å². The second-order valence-corrected chi connectivity index (χ2v) is 7.40. The molecular formula is C20H37Cl3N4O. The molecule has 0 spiro atoms. The number of nitrogens with zero attached hydrogens (tertiary/aromatic N) is 2. The van der Waals surface area contributed by atoms with E-state index in [-0.39, 0.29) is 49.2 Å². The van der Waals surface area contributed by atoms with Gasteiger partial charge in [0, 0.05) is 38.4 Å². The highest BCUT2D eigenvalue weighted by molar-refractivity contribution is 5.86. The highest BCUT2D eigenvalue weighted by atomic mass is 35.5. The van der Waals surface area contributed by atoms with Crippen LogP contribution in [-0.4, -0.2) is 56.1 Å². The maximum Gasteiger partial charge on any atom is 0.236 e. The van der Waals surface area contributed by atoms with E-state index in [1.54, 1.807) is 0 Å². The van der Waals surface area contributed by atoms with Crippen LogP contribution < -0.4 is 16.0 Å². The van der Waals surface area contributed by atoms with Crippen LogP contribution >= 0.6 is 37.2 Å².